The summed E-state index contributed by atoms with van der Waals surface area (Å²) in [6, 6.07) is 25.3. The number of aryl methyl sites for hydroxylation is 1. The fourth-order valence-electron chi connectivity index (χ4n) is 2.56. The summed E-state index contributed by atoms with van der Waals surface area (Å²) in [6.07, 6.45) is 1.59. The van der Waals surface area contributed by atoms with E-state index in [-0.39, 0.29) is 0 Å². The van der Waals surface area contributed by atoms with Crippen LogP contribution in [0, 0.1) is 6.92 Å². The summed E-state index contributed by atoms with van der Waals surface area (Å²) in [6.45, 7) is 2.05. The second-order valence-electron chi connectivity index (χ2n) is 6.22. The largest absolute Gasteiger partial charge is 0.457 e. The van der Waals surface area contributed by atoms with Gasteiger partial charge in [-0.25, -0.2) is 0 Å². The average molecular weight is 369 g/mol. The molecule has 3 aromatic carbocycles. The Bertz CT molecular complexity index is 1030. The average Bonchev–Trinajstić information content (AvgIpc) is 2.72. The molecule has 0 saturated heterocycles. The summed E-state index contributed by atoms with van der Waals surface area (Å²) in [4.78, 5) is 4.45. The summed E-state index contributed by atoms with van der Waals surface area (Å²) in [5.74, 6) is 2.58. The summed E-state index contributed by atoms with van der Waals surface area (Å²) in [7, 11) is 0. The van der Waals surface area contributed by atoms with Gasteiger partial charge in [-0.05, 0) is 55.5 Å². The van der Waals surface area contributed by atoms with Crippen LogP contribution in [-0.4, -0.2) is 15.2 Å². The Balaban J connectivity index is 1.42. The van der Waals surface area contributed by atoms with Crippen molar-refractivity contribution in [3.05, 3.63) is 90.6 Å². The van der Waals surface area contributed by atoms with Gasteiger partial charge in [0.1, 0.15) is 11.5 Å². The van der Waals surface area contributed by atoms with Crippen molar-refractivity contribution >= 4 is 23.1 Å². The number of hydrogen-bond donors (Lipinski definition) is 2. The third-order valence-electron chi connectivity index (χ3n) is 3.97. The first-order chi connectivity index (χ1) is 13.7. The number of nitrogens with zero attached hydrogens (tertiary/aromatic N) is 3. The molecule has 138 valence electrons. The van der Waals surface area contributed by atoms with Crippen LogP contribution in [-0.2, 0) is 0 Å². The molecule has 4 aromatic rings. The summed E-state index contributed by atoms with van der Waals surface area (Å²) >= 11 is 0. The molecule has 0 aliphatic rings. The fraction of sp³-hybridized carbons (Fsp3) is 0.0455. The number of nitrogens with one attached hydrogen (secondary N) is 2. The number of rotatable bonds is 6. The highest BCUT2D eigenvalue weighted by Crippen LogP contribution is 2.24. The van der Waals surface area contributed by atoms with Crippen LogP contribution in [0.1, 0.15) is 5.56 Å². The predicted octanol–water partition coefficient (Wildman–Crippen LogP) is 5.46. The zero-order chi connectivity index (χ0) is 19.2. The standard InChI is InChI=1S/C22H19N5O/c1-16-7-9-17(10-8-16)24-21-15-23-27-22(26-21)25-18-11-13-20(14-12-18)28-19-5-3-2-4-6-19/h2-15H,1H3,(H2,24,25,26,27). The summed E-state index contributed by atoms with van der Waals surface area (Å²) in [5, 5.41) is 14.4. The number of ether oxygens (including phenoxy) is 1. The van der Waals surface area contributed by atoms with E-state index in [1.54, 1.807) is 6.20 Å². The van der Waals surface area contributed by atoms with E-state index in [4.69, 9.17) is 4.74 Å². The van der Waals surface area contributed by atoms with Crippen LogP contribution in [0.25, 0.3) is 0 Å². The molecule has 1 aromatic heterocycles. The Hall–Kier alpha value is -3.93. The molecule has 28 heavy (non-hydrogen) atoms. The van der Waals surface area contributed by atoms with Gasteiger partial charge in [0, 0.05) is 11.4 Å². The van der Waals surface area contributed by atoms with Crippen molar-refractivity contribution in [3.8, 4) is 11.5 Å². The van der Waals surface area contributed by atoms with Crippen molar-refractivity contribution < 1.29 is 4.74 Å². The first-order valence-corrected chi connectivity index (χ1v) is 8.88. The lowest BCUT2D eigenvalue weighted by Gasteiger charge is -2.09. The van der Waals surface area contributed by atoms with E-state index in [1.807, 2.05) is 85.8 Å². The lowest BCUT2D eigenvalue weighted by molar-refractivity contribution is 0.483. The molecule has 6 nitrogen and oxygen atoms in total. The van der Waals surface area contributed by atoms with Crippen LogP contribution in [0.3, 0.4) is 0 Å². The topological polar surface area (TPSA) is 72.0 Å². The SMILES string of the molecule is Cc1ccc(Nc2cnnc(Nc3ccc(Oc4ccccc4)cc3)n2)cc1. The van der Waals surface area contributed by atoms with E-state index >= 15 is 0 Å². The molecule has 0 fully saturated rings. The lowest BCUT2D eigenvalue weighted by atomic mass is 10.2. The number of anilines is 4. The molecule has 1 heterocycles. The van der Waals surface area contributed by atoms with Crippen LogP contribution >= 0.6 is 0 Å². The number of aromatic nitrogens is 3. The zero-order valence-corrected chi connectivity index (χ0v) is 15.3. The maximum atomic E-state index is 5.80. The van der Waals surface area contributed by atoms with E-state index in [1.165, 1.54) is 5.56 Å². The Morgan fingerprint density at radius 2 is 1.36 bits per heavy atom. The normalized spacial score (nSPS) is 10.3. The Kier molecular flexibility index (Phi) is 5.11. The molecule has 2 N–H and O–H groups in total. The molecule has 0 atom stereocenters. The third-order valence-corrected chi connectivity index (χ3v) is 3.97. The van der Waals surface area contributed by atoms with Gasteiger partial charge in [0.05, 0.1) is 6.20 Å². The van der Waals surface area contributed by atoms with Crippen molar-refractivity contribution in [3.63, 3.8) is 0 Å². The van der Waals surface area contributed by atoms with Crippen molar-refractivity contribution in [2.24, 2.45) is 0 Å². The van der Waals surface area contributed by atoms with Gasteiger partial charge in [-0.1, -0.05) is 35.9 Å². The highest BCUT2D eigenvalue weighted by atomic mass is 16.5. The predicted molar refractivity (Wildman–Crippen MR) is 111 cm³/mol. The van der Waals surface area contributed by atoms with Crippen molar-refractivity contribution in [2.45, 2.75) is 6.92 Å². The molecule has 4 rings (SSSR count). The minimum absolute atomic E-state index is 0.411. The van der Waals surface area contributed by atoms with Crippen LogP contribution in [0.4, 0.5) is 23.1 Å². The maximum absolute atomic E-state index is 5.80. The summed E-state index contributed by atoms with van der Waals surface area (Å²) in [5.41, 5.74) is 2.99. The molecule has 6 heteroatoms. The molecule has 0 aliphatic carbocycles. The maximum Gasteiger partial charge on any atom is 0.249 e. The van der Waals surface area contributed by atoms with Gasteiger partial charge in [0.25, 0.3) is 0 Å². The van der Waals surface area contributed by atoms with Gasteiger partial charge in [-0.3, -0.25) is 0 Å². The lowest BCUT2D eigenvalue weighted by Crippen LogP contribution is -2.02. The van der Waals surface area contributed by atoms with Crippen molar-refractivity contribution in [1.82, 2.24) is 15.2 Å². The molecule has 0 amide bonds. The van der Waals surface area contributed by atoms with E-state index < -0.39 is 0 Å². The van der Waals surface area contributed by atoms with Crippen LogP contribution in [0.15, 0.2) is 85.1 Å². The Morgan fingerprint density at radius 3 is 2.11 bits per heavy atom. The van der Waals surface area contributed by atoms with Gasteiger partial charge in [0.2, 0.25) is 5.95 Å². The van der Waals surface area contributed by atoms with E-state index in [0.29, 0.717) is 11.8 Å². The molecule has 0 bridgehead atoms. The first kappa shape index (κ1) is 17.5. The molecule has 0 saturated carbocycles. The van der Waals surface area contributed by atoms with Gasteiger partial charge >= 0.3 is 0 Å². The third kappa shape index (κ3) is 4.62. The summed E-state index contributed by atoms with van der Waals surface area (Å²) < 4.78 is 5.80. The van der Waals surface area contributed by atoms with E-state index in [0.717, 1.165) is 22.9 Å². The minimum Gasteiger partial charge on any atom is -0.457 e. The van der Waals surface area contributed by atoms with Gasteiger partial charge in [0.15, 0.2) is 5.82 Å². The monoisotopic (exact) mass is 369 g/mol. The number of hydrogen-bond acceptors (Lipinski definition) is 6. The minimum atomic E-state index is 0.411. The van der Waals surface area contributed by atoms with Crippen LogP contribution in [0.2, 0.25) is 0 Å². The molecular weight excluding hydrogens is 350 g/mol. The van der Waals surface area contributed by atoms with E-state index in [2.05, 4.69) is 25.8 Å². The van der Waals surface area contributed by atoms with Crippen molar-refractivity contribution in [1.29, 1.82) is 0 Å². The molecule has 0 radical (unpaired) electrons. The molecule has 0 unspecified atom stereocenters. The second-order valence-corrected chi connectivity index (χ2v) is 6.22. The fourth-order valence-corrected chi connectivity index (χ4v) is 2.56. The van der Waals surface area contributed by atoms with Crippen molar-refractivity contribution in [2.75, 3.05) is 10.6 Å². The quantitative estimate of drug-likeness (QED) is 0.470. The second kappa shape index (κ2) is 8.18. The van der Waals surface area contributed by atoms with E-state index in [9.17, 15) is 0 Å². The molecule has 0 aliphatic heterocycles. The zero-order valence-electron chi connectivity index (χ0n) is 15.3. The van der Waals surface area contributed by atoms with Crippen LogP contribution in [0.5, 0.6) is 11.5 Å². The Labute approximate surface area is 163 Å². The first-order valence-electron chi connectivity index (χ1n) is 8.88. The van der Waals surface area contributed by atoms with Gasteiger partial charge in [-0.15, -0.1) is 5.10 Å². The van der Waals surface area contributed by atoms with Crippen LogP contribution < -0.4 is 15.4 Å². The van der Waals surface area contributed by atoms with Gasteiger partial charge < -0.3 is 15.4 Å². The number of para-hydroxylation sites is 1. The highest BCUT2D eigenvalue weighted by Gasteiger charge is 2.03. The smallest absolute Gasteiger partial charge is 0.249 e. The molecular formula is C22H19N5O. The number of benzene rings is 3. The molecule has 0 spiro atoms. The highest BCUT2D eigenvalue weighted by molar-refractivity contribution is 5.59. The Morgan fingerprint density at radius 1 is 0.714 bits per heavy atom. The van der Waals surface area contributed by atoms with Gasteiger partial charge in [-0.2, -0.15) is 10.1 Å².